The summed E-state index contributed by atoms with van der Waals surface area (Å²) >= 11 is 0. The fourth-order valence-electron chi connectivity index (χ4n) is 9.46. The van der Waals surface area contributed by atoms with E-state index in [-0.39, 0.29) is 0 Å². The first-order chi connectivity index (χ1) is 36.5. The van der Waals surface area contributed by atoms with Crippen LogP contribution in [0.3, 0.4) is 0 Å². The fraction of sp³-hybridized carbons (Fsp3) is 0.184. The van der Waals surface area contributed by atoms with E-state index in [4.69, 9.17) is 0 Å². The van der Waals surface area contributed by atoms with Crippen LogP contribution in [0.4, 0.5) is 0 Å². The third kappa shape index (κ3) is 16.7. The van der Waals surface area contributed by atoms with Gasteiger partial charge in [0.05, 0.1) is 0 Å². The van der Waals surface area contributed by atoms with E-state index in [1.54, 1.807) is 0 Å². The number of hydrogen-bond donors (Lipinski definition) is 0. The van der Waals surface area contributed by atoms with Crippen molar-refractivity contribution >= 4 is 53.9 Å². The first-order valence-corrected chi connectivity index (χ1v) is 26.8. The molecular weight excluding hydrogens is 913 g/mol. The van der Waals surface area contributed by atoms with Gasteiger partial charge < -0.3 is 0 Å². The molecule has 0 aliphatic heterocycles. The van der Waals surface area contributed by atoms with Gasteiger partial charge in [-0.15, -0.1) is 0 Å². The molecule has 0 heteroatoms. The topological polar surface area (TPSA) is 0 Å². The Morgan fingerprint density at radius 3 is 0.961 bits per heavy atom. The molecule has 76 heavy (non-hydrogen) atoms. The molecule has 12 aromatic rings. The zero-order chi connectivity index (χ0) is 54.7. The summed E-state index contributed by atoms with van der Waals surface area (Å²) in [5.41, 5.74) is 18.8. The molecule has 0 bridgehead atoms. The van der Waals surface area contributed by atoms with Gasteiger partial charge in [-0.2, -0.15) is 0 Å². The van der Waals surface area contributed by atoms with Crippen molar-refractivity contribution in [2.45, 2.75) is 96.9 Å². The number of aryl methyl sites for hydroxylation is 14. The fourth-order valence-corrected chi connectivity index (χ4v) is 9.46. The van der Waals surface area contributed by atoms with Crippen molar-refractivity contribution in [1.29, 1.82) is 0 Å². The van der Waals surface area contributed by atoms with E-state index in [0.717, 1.165) is 0 Å². The van der Waals surface area contributed by atoms with Gasteiger partial charge in [-0.3, -0.25) is 0 Å². The van der Waals surface area contributed by atoms with E-state index < -0.39 is 0 Å². The van der Waals surface area contributed by atoms with E-state index in [1.165, 1.54) is 132 Å². The highest BCUT2D eigenvalue weighted by atomic mass is 14.1. The van der Waals surface area contributed by atoms with Crippen LogP contribution in [-0.4, -0.2) is 0 Å². The SMILES string of the molecule is Cc1cc(C)c2ccccc2c1.Cc1ccc(C)c2ccccc12.Cc1ccc(C)cc1.Cc1ccc2c(C)cccc2c1.Cc1ccc2cccc(C)c2c1.Cc1cccc(C)c1.Cc1cccc2c(C)cccc12. The molecule has 0 aliphatic carbocycles. The van der Waals surface area contributed by atoms with Crippen LogP contribution in [0, 0.1) is 96.9 Å². The quantitative estimate of drug-likeness (QED) is 0.142. The number of fused-ring (bicyclic) bond motifs is 5. The Labute approximate surface area is 456 Å². The second-order valence-electron chi connectivity index (χ2n) is 20.7. The zero-order valence-electron chi connectivity index (χ0n) is 47.9. The summed E-state index contributed by atoms with van der Waals surface area (Å²) in [6.45, 7) is 29.9. The Kier molecular flexibility index (Phi) is 21.1. The first kappa shape index (κ1) is 57.2. The van der Waals surface area contributed by atoms with Gasteiger partial charge in [-0.05, 0) is 190 Å². The van der Waals surface area contributed by atoms with Gasteiger partial charge >= 0.3 is 0 Å². The average Bonchev–Trinajstić information content (AvgIpc) is 3.40. The highest BCUT2D eigenvalue weighted by Gasteiger charge is 2.00. The van der Waals surface area contributed by atoms with Crippen LogP contribution in [-0.2, 0) is 0 Å². The van der Waals surface area contributed by atoms with Crippen LogP contribution in [0.15, 0.2) is 231 Å². The molecule has 0 heterocycles. The van der Waals surface area contributed by atoms with Gasteiger partial charge in [-0.25, -0.2) is 0 Å². The molecule has 12 aromatic carbocycles. The van der Waals surface area contributed by atoms with E-state index >= 15 is 0 Å². The first-order valence-electron chi connectivity index (χ1n) is 26.8. The maximum atomic E-state index is 2.24. The average molecular weight is 993 g/mol. The van der Waals surface area contributed by atoms with Crippen LogP contribution >= 0.6 is 0 Å². The van der Waals surface area contributed by atoms with Crippen LogP contribution in [0.1, 0.15) is 77.9 Å². The minimum atomic E-state index is 1.33. The number of benzene rings is 12. The summed E-state index contributed by atoms with van der Waals surface area (Å²) in [5, 5.41) is 13.6. The molecule has 0 fully saturated rings. The van der Waals surface area contributed by atoms with Gasteiger partial charge in [0, 0.05) is 0 Å². The third-order valence-electron chi connectivity index (χ3n) is 13.8. The van der Waals surface area contributed by atoms with E-state index in [0.29, 0.717) is 0 Å². The molecule has 0 amide bonds. The molecule has 0 radical (unpaired) electrons. The second-order valence-corrected chi connectivity index (χ2v) is 20.7. The smallest absolute Gasteiger partial charge is 0.0152 e. The van der Waals surface area contributed by atoms with Crippen LogP contribution in [0.25, 0.3) is 53.9 Å². The summed E-state index contributed by atoms with van der Waals surface area (Å²) in [6, 6.07) is 81.7. The highest BCUT2D eigenvalue weighted by molar-refractivity contribution is 5.90. The van der Waals surface area contributed by atoms with Crippen molar-refractivity contribution in [3.8, 4) is 0 Å². The minimum Gasteiger partial charge on any atom is -0.0617 e. The predicted molar refractivity (Wildman–Crippen MR) is 339 cm³/mol. The molecule has 0 aromatic heterocycles. The Balaban J connectivity index is 0.000000145. The molecule has 0 saturated carbocycles. The summed E-state index contributed by atoms with van der Waals surface area (Å²) in [7, 11) is 0. The van der Waals surface area contributed by atoms with Crippen LogP contribution in [0.2, 0.25) is 0 Å². The van der Waals surface area contributed by atoms with Gasteiger partial charge in [0.1, 0.15) is 0 Å². The predicted octanol–water partition coefficient (Wildman–Crippen LogP) is 21.9. The standard InChI is InChI=1S/5C12H12.2C8H10/c1-9-5-3-8-12-10(2)6-4-7-11(9)12;1-9-6-7-12-10(2)4-3-5-11(12)8-9;1-9-6-7-11-5-3-4-10(2)12(11)8-9;1-9-7-10(2)12-6-4-3-5-11(12)8-9;1-9-7-8-10(2)12-6-4-3-5-11(9)12;1-7-3-5-8(2)6-4-7;1-7-4-3-5-8(2)6-7/h5*3-8H,1-2H3;2*3-6H,1-2H3. The van der Waals surface area contributed by atoms with Crippen molar-refractivity contribution in [2.24, 2.45) is 0 Å². The van der Waals surface area contributed by atoms with Crippen LogP contribution < -0.4 is 0 Å². The molecule has 0 aliphatic rings. The lowest BCUT2D eigenvalue weighted by Gasteiger charge is -2.03. The lowest BCUT2D eigenvalue weighted by atomic mass is 10.0. The molecule has 0 spiro atoms. The van der Waals surface area contributed by atoms with Crippen molar-refractivity contribution in [3.63, 3.8) is 0 Å². The Hall–Kier alpha value is -8.06. The van der Waals surface area contributed by atoms with Crippen molar-refractivity contribution < 1.29 is 0 Å². The molecular formula is C76H80. The maximum absolute atomic E-state index is 2.24. The lowest BCUT2D eigenvalue weighted by Crippen LogP contribution is -1.80. The molecule has 0 nitrogen and oxygen atoms in total. The minimum absolute atomic E-state index is 1.33. The number of rotatable bonds is 0. The lowest BCUT2D eigenvalue weighted by molar-refractivity contribution is 1.39. The van der Waals surface area contributed by atoms with Gasteiger partial charge in [0.2, 0.25) is 0 Å². The number of hydrogen-bond acceptors (Lipinski definition) is 0. The summed E-state index contributed by atoms with van der Waals surface area (Å²) in [5.74, 6) is 0. The van der Waals surface area contributed by atoms with Gasteiger partial charge in [-0.1, -0.05) is 269 Å². The van der Waals surface area contributed by atoms with Crippen LogP contribution in [0.5, 0.6) is 0 Å². The Morgan fingerprint density at radius 2 is 0.461 bits per heavy atom. The largest absolute Gasteiger partial charge is 0.0617 e. The Bertz CT molecular complexity index is 3600. The second kappa shape index (κ2) is 28.0. The van der Waals surface area contributed by atoms with Crippen molar-refractivity contribution in [2.75, 3.05) is 0 Å². The molecule has 12 rings (SSSR count). The molecule has 0 atom stereocenters. The molecule has 0 unspecified atom stereocenters. The van der Waals surface area contributed by atoms with E-state index in [2.05, 4.69) is 327 Å². The summed E-state index contributed by atoms with van der Waals surface area (Å²) < 4.78 is 0. The van der Waals surface area contributed by atoms with Gasteiger partial charge in [0.15, 0.2) is 0 Å². The third-order valence-corrected chi connectivity index (χ3v) is 13.8. The summed E-state index contributed by atoms with van der Waals surface area (Å²) in [6.07, 6.45) is 0. The molecule has 0 N–H and O–H groups in total. The van der Waals surface area contributed by atoms with E-state index in [1.807, 2.05) is 0 Å². The normalized spacial score (nSPS) is 10.2. The van der Waals surface area contributed by atoms with E-state index in [9.17, 15) is 0 Å². The van der Waals surface area contributed by atoms with Crippen molar-refractivity contribution in [1.82, 2.24) is 0 Å². The highest BCUT2D eigenvalue weighted by Crippen LogP contribution is 2.24. The molecule has 0 saturated heterocycles. The molecule has 384 valence electrons. The maximum Gasteiger partial charge on any atom is -0.0152 e. The van der Waals surface area contributed by atoms with Gasteiger partial charge in [0.25, 0.3) is 0 Å². The van der Waals surface area contributed by atoms with Crippen molar-refractivity contribution in [3.05, 3.63) is 308 Å². The monoisotopic (exact) mass is 993 g/mol. The summed E-state index contributed by atoms with van der Waals surface area (Å²) in [4.78, 5) is 0. The zero-order valence-corrected chi connectivity index (χ0v) is 47.9. The Morgan fingerprint density at radius 1 is 0.145 bits per heavy atom.